The molecule has 39 heavy (non-hydrogen) atoms. The maximum absolute atomic E-state index is 14.6. The van der Waals surface area contributed by atoms with Crippen LogP contribution in [0.4, 0.5) is 24.5 Å². The largest absolute Gasteiger partial charge is 0.416 e. The van der Waals surface area contributed by atoms with Gasteiger partial charge in [-0.15, -0.1) is 0 Å². The van der Waals surface area contributed by atoms with Crippen molar-refractivity contribution in [1.82, 2.24) is 4.90 Å². The standard InChI is InChI=1S/C30H24F3N3O3/c31-30(32,33)19-10-6-11-20(16-19)36-26(37)24-23-14-7-15-35(23)29(25(24)27(36)38)21-12-4-5-13-22(21)34(28(29)39)17-18-8-2-1-3-9-18/h1-6,8-13,16,23-25H,7,14-15,17H2/t23-,24-,25+,29-/m1/s1. The number of alkyl halides is 3. The van der Waals surface area contributed by atoms with E-state index in [1.807, 2.05) is 59.5 Å². The maximum atomic E-state index is 14.6. The van der Waals surface area contributed by atoms with Crippen LogP contribution in [0.25, 0.3) is 0 Å². The van der Waals surface area contributed by atoms with Crippen molar-refractivity contribution >= 4 is 29.1 Å². The van der Waals surface area contributed by atoms with Gasteiger partial charge in [0, 0.05) is 17.3 Å². The average molecular weight is 532 g/mol. The zero-order chi connectivity index (χ0) is 27.1. The summed E-state index contributed by atoms with van der Waals surface area (Å²) >= 11 is 0. The first-order chi connectivity index (χ1) is 18.7. The third-order valence-corrected chi connectivity index (χ3v) is 8.76. The van der Waals surface area contributed by atoms with Gasteiger partial charge in [-0.05, 0) is 49.2 Å². The third kappa shape index (κ3) is 3.16. The van der Waals surface area contributed by atoms with Gasteiger partial charge in [-0.2, -0.15) is 13.2 Å². The molecule has 4 aliphatic heterocycles. The van der Waals surface area contributed by atoms with Gasteiger partial charge >= 0.3 is 6.18 Å². The fraction of sp³-hybridized carbons (Fsp3) is 0.300. The molecule has 4 atom stereocenters. The molecule has 7 rings (SSSR count). The Morgan fingerprint density at radius 3 is 2.38 bits per heavy atom. The Labute approximate surface area is 222 Å². The van der Waals surface area contributed by atoms with Crippen LogP contribution in [0.3, 0.4) is 0 Å². The molecule has 3 aromatic carbocycles. The molecule has 0 aromatic heterocycles. The van der Waals surface area contributed by atoms with E-state index in [0.29, 0.717) is 30.8 Å². The Balaban J connectivity index is 1.37. The summed E-state index contributed by atoms with van der Waals surface area (Å²) in [6.07, 6.45) is -3.24. The van der Waals surface area contributed by atoms with Crippen LogP contribution in [-0.2, 0) is 32.6 Å². The Kier molecular flexibility index (Phi) is 5.10. The summed E-state index contributed by atoms with van der Waals surface area (Å²) in [7, 11) is 0. The number of fused-ring (bicyclic) bond motifs is 7. The van der Waals surface area contributed by atoms with Crippen LogP contribution in [-0.4, -0.2) is 35.2 Å². The Morgan fingerprint density at radius 2 is 1.62 bits per heavy atom. The number of amides is 3. The number of hydrogen-bond donors (Lipinski definition) is 0. The molecule has 0 radical (unpaired) electrons. The Morgan fingerprint density at radius 1 is 0.872 bits per heavy atom. The number of rotatable bonds is 3. The molecule has 9 heteroatoms. The summed E-state index contributed by atoms with van der Waals surface area (Å²) in [6.45, 7) is 0.856. The molecule has 0 aliphatic carbocycles. The molecule has 0 bridgehead atoms. The van der Waals surface area contributed by atoms with Crippen molar-refractivity contribution < 1.29 is 27.6 Å². The smallest absolute Gasteiger partial charge is 0.306 e. The highest BCUT2D eigenvalue weighted by atomic mass is 19.4. The van der Waals surface area contributed by atoms with E-state index < -0.39 is 40.9 Å². The predicted octanol–water partition coefficient (Wildman–Crippen LogP) is 4.73. The van der Waals surface area contributed by atoms with Crippen molar-refractivity contribution in [1.29, 1.82) is 0 Å². The molecule has 0 unspecified atom stereocenters. The van der Waals surface area contributed by atoms with E-state index in [-0.39, 0.29) is 17.6 Å². The van der Waals surface area contributed by atoms with Crippen molar-refractivity contribution in [3.63, 3.8) is 0 Å². The molecular weight excluding hydrogens is 507 g/mol. The molecule has 0 N–H and O–H groups in total. The molecular formula is C30H24F3N3O3. The van der Waals surface area contributed by atoms with Gasteiger partial charge in [-0.25, -0.2) is 4.90 Å². The van der Waals surface area contributed by atoms with Crippen LogP contribution < -0.4 is 9.80 Å². The van der Waals surface area contributed by atoms with Gasteiger partial charge in [0.2, 0.25) is 11.8 Å². The van der Waals surface area contributed by atoms with Crippen molar-refractivity contribution in [2.24, 2.45) is 11.8 Å². The molecule has 4 aliphatic rings. The van der Waals surface area contributed by atoms with E-state index in [4.69, 9.17) is 0 Å². The SMILES string of the molecule is O=C1[C@@H]2[C@H]3CCCN3[C@@]3(C(=O)N(Cc4ccccc4)c4ccccc43)[C@@H]2C(=O)N1c1cccc(C(F)(F)F)c1. The van der Waals surface area contributed by atoms with Gasteiger partial charge in [0.25, 0.3) is 5.91 Å². The molecule has 3 aromatic rings. The van der Waals surface area contributed by atoms with E-state index >= 15 is 0 Å². The maximum Gasteiger partial charge on any atom is 0.416 e. The average Bonchev–Trinajstić information content (AvgIpc) is 3.63. The van der Waals surface area contributed by atoms with Crippen molar-refractivity contribution in [2.45, 2.75) is 37.1 Å². The highest BCUT2D eigenvalue weighted by Gasteiger charge is 2.75. The van der Waals surface area contributed by atoms with Gasteiger partial charge in [-0.1, -0.05) is 54.6 Å². The minimum atomic E-state index is -4.63. The van der Waals surface area contributed by atoms with Crippen LogP contribution in [0.15, 0.2) is 78.9 Å². The lowest BCUT2D eigenvalue weighted by Gasteiger charge is -2.37. The number of hydrogen-bond acceptors (Lipinski definition) is 4. The van der Waals surface area contributed by atoms with Crippen LogP contribution in [0.2, 0.25) is 0 Å². The van der Waals surface area contributed by atoms with Gasteiger partial charge in [0.05, 0.1) is 29.6 Å². The fourth-order valence-corrected chi connectivity index (χ4v) is 7.34. The fourth-order valence-electron chi connectivity index (χ4n) is 7.34. The minimum absolute atomic E-state index is 0.117. The second-order valence-corrected chi connectivity index (χ2v) is 10.6. The third-order valence-electron chi connectivity index (χ3n) is 8.76. The quantitative estimate of drug-likeness (QED) is 0.459. The lowest BCUT2D eigenvalue weighted by molar-refractivity contribution is -0.138. The summed E-state index contributed by atoms with van der Waals surface area (Å²) in [4.78, 5) is 47.3. The number of nitrogens with zero attached hydrogens (tertiary/aromatic N) is 3. The van der Waals surface area contributed by atoms with Crippen molar-refractivity contribution in [3.05, 3.63) is 95.6 Å². The molecule has 3 fully saturated rings. The zero-order valence-electron chi connectivity index (χ0n) is 20.8. The normalized spacial score (nSPS) is 28.0. The van der Waals surface area contributed by atoms with E-state index in [1.54, 1.807) is 4.90 Å². The summed E-state index contributed by atoms with van der Waals surface area (Å²) in [5.74, 6) is -3.27. The molecule has 1 spiro atoms. The minimum Gasteiger partial charge on any atom is -0.306 e. The molecule has 6 nitrogen and oxygen atoms in total. The number of anilines is 2. The van der Waals surface area contributed by atoms with E-state index in [2.05, 4.69) is 0 Å². The molecule has 3 amide bonds. The van der Waals surface area contributed by atoms with Crippen LogP contribution in [0.1, 0.15) is 29.5 Å². The summed E-state index contributed by atoms with van der Waals surface area (Å²) < 4.78 is 40.5. The molecule has 4 heterocycles. The summed E-state index contributed by atoms with van der Waals surface area (Å²) in [6, 6.07) is 20.8. The van der Waals surface area contributed by atoms with E-state index in [9.17, 15) is 27.6 Å². The van der Waals surface area contributed by atoms with Crippen LogP contribution >= 0.6 is 0 Å². The second-order valence-electron chi connectivity index (χ2n) is 10.6. The predicted molar refractivity (Wildman–Crippen MR) is 136 cm³/mol. The topological polar surface area (TPSA) is 60.9 Å². The van der Waals surface area contributed by atoms with Crippen LogP contribution in [0, 0.1) is 11.8 Å². The zero-order valence-corrected chi connectivity index (χ0v) is 20.8. The van der Waals surface area contributed by atoms with Crippen molar-refractivity contribution in [2.75, 3.05) is 16.3 Å². The first kappa shape index (κ1) is 24.1. The number of carbonyl (C=O) groups is 3. The Hall–Kier alpha value is -3.98. The number of carbonyl (C=O) groups excluding carboxylic acids is 3. The van der Waals surface area contributed by atoms with Gasteiger partial charge in [0.15, 0.2) is 0 Å². The summed E-state index contributed by atoms with van der Waals surface area (Å²) in [5.41, 5.74) is -0.155. The number of halogens is 3. The van der Waals surface area contributed by atoms with Crippen LogP contribution in [0.5, 0.6) is 0 Å². The highest BCUT2D eigenvalue weighted by Crippen LogP contribution is 2.62. The highest BCUT2D eigenvalue weighted by molar-refractivity contribution is 6.26. The van der Waals surface area contributed by atoms with Gasteiger partial charge in [0.1, 0.15) is 5.54 Å². The van der Waals surface area contributed by atoms with Gasteiger partial charge < -0.3 is 4.90 Å². The molecule has 198 valence electrons. The molecule has 0 saturated carbocycles. The lowest BCUT2D eigenvalue weighted by Crippen LogP contribution is -2.55. The second kappa shape index (κ2) is 8.26. The first-order valence-electron chi connectivity index (χ1n) is 13.0. The van der Waals surface area contributed by atoms with Gasteiger partial charge in [-0.3, -0.25) is 19.3 Å². The number of imide groups is 1. The monoisotopic (exact) mass is 531 g/mol. The van der Waals surface area contributed by atoms with E-state index in [0.717, 1.165) is 29.0 Å². The number of para-hydroxylation sites is 1. The first-order valence-corrected chi connectivity index (χ1v) is 13.0. The Bertz CT molecular complexity index is 1520. The number of benzene rings is 3. The molecule has 3 saturated heterocycles. The summed E-state index contributed by atoms with van der Waals surface area (Å²) in [5, 5.41) is 0. The van der Waals surface area contributed by atoms with Crippen molar-refractivity contribution in [3.8, 4) is 0 Å². The lowest BCUT2D eigenvalue weighted by atomic mass is 9.75. The van der Waals surface area contributed by atoms with E-state index in [1.165, 1.54) is 12.1 Å².